The van der Waals surface area contributed by atoms with Gasteiger partial charge >= 0.3 is 0 Å². The second kappa shape index (κ2) is 4.88. The number of nitrogens with one attached hydrogen (secondary N) is 1. The standard InChI is InChI=1S/C11H13BrN2O/c12-10-4-9-3-8(6-13-1-2-15)7-14-11(9)5-10/h3-5,7,11,13,15H,1-2,6H2. The number of aliphatic hydroxyl groups excluding tert-OH is 1. The molecule has 80 valence electrons. The van der Waals surface area contributed by atoms with Crippen molar-refractivity contribution >= 4 is 22.1 Å². The van der Waals surface area contributed by atoms with E-state index in [2.05, 4.69) is 44.5 Å². The number of allylic oxidation sites excluding steroid dienone is 2. The molecule has 1 aliphatic carbocycles. The highest BCUT2D eigenvalue weighted by Gasteiger charge is 2.18. The van der Waals surface area contributed by atoms with Crippen LogP contribution in [-0.4, -0.2) is 37.1 Å². The zero-order valence-corrected chi connectivity index (χ0v) is 9.87. The number of hydrogen-bond donors (Lipinski definition) is 2. The first-order valence-corrected chi connectivity index (χ1v) is 5.73. The summed E-state index contributed by atoms with van der Waals surface area (Å²) in [5.74, 6) is 0. The van der Waals surface area contributed by atoms with Gasteiger partial charge in [-0.1, -0.05) is 22.0 Å². The molecule has 0 aromatic heterocycles. The Balaban J connectivity index is 1.97. The van der Waals surface area contributed by atoms with Crippen LogP contribution in [0.4, 0.5) is 0 Å². The second-order valence-electron chi connectivity index (χ2n) is 3.54. The lowest BCUT2D eigenvalue weighted by atomic mass is 10.0. The largest absolute Gasteiger partial charge is 0.395 e. The maximum absolute atomic E-state index is 8.64. The van der Waals surface area contributed by atoms with Crippen LogP contribution in [0, 0.1) is 0 Å². The summed E-state index contributed by atoms with van der Waals surface area (Å²) in [4.78, 5) is 4.43. The number of rotatable bonds is 4. The summed E-state index contributed by atoms with van der Waals surface area (Å²) in [5.41, 5.74) is 2.38. The van der Waals surface area contributed by atoms with Crippen LogP contribution in [0.5, 0.6) is 0 Å². The van der Waals surface area contributed by atoms with Crippen molar-refractivity contribution in [2.75, 3.05) is 19.7 Å². The smallest absolute Gasteiger partial charge is 0.0944 e. The number of fused-ring (bicyclic) bond motifs is 1. The Kier molecular flexibility index (Phi) is 3.51. The molecule has 0 fully saturated rings. The van der Waals surface area contributed by atoms with Crippen LogP contribution in [0.3, 0.4) is 0 Å². The van der Waals surface area contributed by atoms with E-state index in [4.69, 9.17) is 5.11 Å². The van der Waals surface area contributed by atoms with Gasteiger partial charge in [-0.05, 0) is 23.3 Å². The van der Waals surface area contributed by atoms with Crippen LogP contribution in [-0.2, 0) is 0 Å². The Bertz CT molecular complexity index is 369. The predicted molar refractivity (Wildman–Crippen MR) is 65.4 cm³/mol. The SMILES string of the molecule is OCCNCC1=CC2=CC(Br)=CC2N=C1. The number of halogens is 1. The molecule has 0 aromatic rings. The molecule has 0 amide bonds. The molecule has 2 aliphatic rings. The van der Waals surface area contributed by atoms with E-state index < -0.39 is 0 Å². The highest BCUT2D eigenvalue weighted by molar-refractivity contribution is 9.11. The van der Waals surface area contributed by atoms with E-state index in [9.17, 15) is 0 Å². The second-order valence-corrected chi connectivity index (χ2v) is 4.45. The third-order valence-electron chi connectivity index (χ3n) is 2.33. The lowest BCUT2D eigenvalue weighted by Crippen LogP contribution is -2.23. The Morgan fingerprint density at radius 1 is 1.47 bits per heavy atom. The number of dihydropyridines is 1. The van der Waals surface area contributed by atoms with Gasteiger partial charge in [-0.3, -0.25) is 4.99 Å². The maximum Gasteiger partial charge on any atom is 0.0944 e. The molecule has 2 rings (SSSR count). The molecule has 1 atom stereocenters. The van der Waals surface area contributed by atoms with E-state index in [1.807, 2.05) is 6.21 Å². The first-order chi connectivity index (χ1) is 7.29. The Labute approximate surface area is 97.4 Å². The number of aliphatic imine (C=N–C) groups is 1. The van der Waals surface area contributed by atoms with Gasteiger partial charge in [0.2, 0.25) is 0 Å². The molecule has 3 nitrogen and oxygen atoms in total. The van der Waals surface area contributed by atoms with Crippen molar-refractivity contribution in [2.45, 2.75) is 6.04 Å². The van der Waals surface area contributed by atoms with Crippen LogP contribution in [0.2, 0.25) is 0 Å². The zero-order chi connectivity index (χ0) is 10.7. The van der Waals surface area contributed by atoms with E-state index in [0.717, 1.165) is 16.6 Å². The third kappa shape index (κ3) is 2.65. The summed E-state index contributed by atoms with van der Waals surface area (Å²) in [5, 5.41) is 11.8. The van der Waals surface area contributed by atoms with E-state index in [1.54, 1.807) is 0 Å². The van der Waals surface area contributed by atoms with Gasteiger partial charge in [0.1, 0.15) is 0 Å². The van der Waals surface area contributed by atoms with Crippen LogP contribution in [0.15, 0.2) is 38.8 Å². The van der Waals surface area contributed by atoms with Gasteiger partial charge in [0, 0.05) is 23.8 Å². The maximum atomic E-state index is 8.64. The van der Waals surface area contributed by atoms with E-state index >= 15 is 0 Å². The molecule has 0 saturated heterocycles. The summed E-state index contributed by atoms with van der Waals surface area (Å²) in [6, 6.07) is 0.195. The van der Waals surface area contributed by atoms with Gasteiger partial charge in [0.05, 0.1) is 12.6 Å². The molecule has 1 aliphatic heterocycles. The molecule has 4 heteroatoms. The summed E-state index contributed by atoms with van der Waals surface area (Å²) in [7, 11) is 0. The van der Waals surface area contributed by atoms with Gasteiger partial charge in [-0.15, -0.1) is 0 Å². The minimum atomic E-state index is 0.169. The topological polar surface area (TPSA) is 44.6 Å². The Hall–Kier alpha value is -0.710. The zero-order valence-electron chi connectivity index (χ0n) is 8.28. The summed E-state index contributed by atoms with van der Waals surface area (Å²) < 4.78 is 1.10. The fourth-order valence-electron chi connectivity index (χ4n) is 1.63. The van der Waals surface area contributed by atoms with Gasteiger partial charge in [0.15, 0.2) is 0 Å². The van der Waals surface area contributed by atoms with Crippen molar-refractivity contribution < 1.29 is 5.11 Å². The summed E-state index contributed by atoms with van der Waals surface area (Å²) in [6.07, 6.45) is 8.22. The van der Waals surface area contributed by atoms with Gasteiger partial charge in [-0.25, -0.2) is 0 Å². The molecule has 0 saturated carbocycles. The molecule has 0 spiro atoms. The lowest BCUT2D eigenvalue weighted by molar-refractivity contribution is 0.294. The number of nitrogens with zero attached hydrogens (tertiary/aromatic N) is 1. The van der Waals surface area contributed by atoms with Crippen molar-refractivity contribution in [1.29, 1.82) is 0 Å². The van der Waals surface area contributed by atoms with E-state index in [0.29, 0.717) is 6.54 Å². The van der Waals surface area contributed by atoms with Crippen molar-refractivity contribution in [2.24, 2.45) is 4.99 Å². The summed E-state index contributed by atoms with van der Waals surface area (Å²) in [6.45, 7) is 1.55. The molecular weight excluding hydrogens is 256 g/mol. The molecule has 1 heterocycles. The highest BCUT2D eigenvalue weighted by Crippen LogP contribution is 2.28. The van der Waals surface area contributed by atoms with Crippen molar-refractivity contribution in [1.82, 2.24) is 5.32 Å². The Morgan fingerprint density at radius 2 is 2.33 bits per heavy atom. The Morgan fingerprint density at radius 3 is 3.13 bits per heavy atom. The number of hydrogen-bond acceptors (Lipinski definition) is 3. The lowest BCUT2D eigenvalue weighted by Gasteiger charge is -2.13. The third-order valence-corrected chi connectivity index (χ3v) is 2.83. The van der Waals surface area contributed by atoms with Gasteiger partial charge in [0.25, 0.3) is 0 Å². The average Bonchev–Trinajstić information content (AvgIpc) is 2.57. The van der Waals surface area contributed by atoms with E-state index in [1.165, 1.54) is 5.57 Å². The van der Waals surface area contributed by atoms with Crippen LogP contribution < -0.4 is 5.32 Å². The van der Waals surface area contributed by atoms with Crippen LogP contribution >= 0.6 is 15.9 Å². The molecular formula is C11H13BrN2O. The molecule has 15 heavy (non-hydrogen) atoms. The molecule has 0 bridgehead atoms. The van der Waals surface area contributed by atoms with Crippen LogP contribution in [0.25, 0.3) is 0 Å². The van der Waals surface area contributed by atoms with Crippen molar-refractivity contribution in [3.8, 4) is 0 Å². The minimum Gasteiger partial charge on any atom is -0.395 e. The highest BCUT2D eigenvalue weighted by atomic mass is 79.9. The number of aliphatic hydroxyl groups is 1. The van der Waals surface area contributed by atoms with Gasteiger partial charge < -0.3 is 10.4 Å². The fraction of sp³-hybridized carbons (Fsp3) is 0.364. The molecule has 2 N–H and O–H groups in total. The average molecular weight is 269 g/mol. The van der Waals surface area contributed by atoms with E-state index in [-0.39, 0.29) is 12.6 Å². The first kappa shape index (κ1) is 10.8. The molecule has 0 aromatic carbocycles. The molecule has 0 radical (unpaired) electrons. The minimum absolute atomic E-state index is 0.169. The fourth-order valence-corrected chi connectivity index (χ4v) is 2.15. The van der Waals surface area contributed by atoms with Crippen molar-refractivity contribution in [3.63, 3.8) is 0 Å². The quantitative estimate of drug-likeness (QED) is 0.752. The predicted octanol–water partition coefficient (Wildman–Crippen LogP) is 1.17. The molecule has 1 unspecified atom stereocenters. The first-order valence-electron chi connectivity index (χ1n) is 4.94. The van der Waals surface area contributed by atoms with Crippen LogP contribution in [0.1, 0.15) is 0 Å². The van der Waals surface area contributed by atoms with Gasteiger partial charge in [-0.2, -0.15) is 0 Å². The monoisotopic (exact) mass is 268 g/mol. The summed E-state index contributed by atoms with van der Waals surface area (Å²) >= 11 is 3.45. The van der Waals surface area contributed by atoms with Crippen molar-refractivity contribution in [3.05, 3.63) is 33.9 Å². The normalized spacial score (nSPS) is 23.3.